The molecule has 8 heteroatoms. The highest BCUT2D eigenvalue weighted by Gasteiger charge is 2.25. The van der Waals surface area contributed by atoms with Crippen LogP contribution in [-0.4, -0.2) is 15.8 Å². The number of carbonyl (C=O) groups excluding carboxylic acids is 1. The molecule has 0 aliphatic heterocycles. The van der Waals surface area contributed by atoms with Crippen LogP contribution in [0, 0.1) is 17.0 Å². The van der Waals surface area contributed by atoms with E-state index in [0.29, 0.717) is 10.2 Å². The second-order valence-corrected chi connectivity index (χ2v) is 5.40. The first kappa shape index (κ1) is 15.4. The molecule has 1 aromatic carbocycles. The summed E-state index contributed by atoms with van der Waals surface area (Å²) in [5, 5.41) is 13.3. The summed E-state index contributed by atoms with van der Waals surface area (Å²) in [6, 6.07) is 6.64. The van der Waals surface area contributed by atoms with Gasteiger partial charge in [-0.25, -0.2) is 4.98 Å². The van der Waals surface area contributed by atoms with Crippen molar-refractivity contribution in [2.45, 2.75) is 6.92 Å². The van der Waals surface area contributed by atoms with Gasteiger partial charge >= 0.3 is 5.69 Å². The van der Waals surface area contributed by atoms with Crippen molar-refractivity contribution in [1.29, 1.82) is 0 Å². The monoisotopic (exact) mass is 369 g/mol. The molecule has 108 valence electrons. The summed E-state index contributed by atoms with van der Waals surface area (Å²) in [4.78, 5) is 26.1. The van der Waals surface area contributed by atoms with E-state index in [1.165, 1.54) is 12.3 Å². The Morgan fingerprint density at radius 1 is 1.43 bits per heavy atom. The number of halogens is 2. The molecule has 0 saturated heterocycles. The van der Waals surface area contributed by atoms with Crippen LogP contribution in [0.4, 0.5) is 11.4 Å². The highest BCUT2D eigenvalue weighted by molar-refractivity contribution is 9.10. The first-order chi connectivity index (χ1) is 9.90. The molecule has 0 bridgehead atoms. The predicted octanol–water partition coefficient (Wildman–Crippen LogP) is 3.97. The van der Waals surface area contributed by atoms with E-state index in [-0.39, 0.29) is 10.7 Å². The number of nitrogens with one attached hydrogen (secondary N) is 1. The van der Waals surface area contributed by atoms with Crippen LogP contribution in [-0.2, 0) is 0 Å². The standard InChI is InChI=1S/C13H9BrClN3O3/c1-7-2-3-9(14)10(6-7)17-13(19)8-4-5-16-12(15)11(8)18(20)21/h2-6H,1H3,(H,17,19). The average Bonchev–Trinajstić information content (AvgIpc) is 2.42. The number of benzene rings is 1. The number of pyridine rings is 1. The van der Waals surface area contributed by atoms with Crippen molar-refractivity contribution in [2.75, 3.05) is 5.32 Å². The van der Waals surface area contributed by atoms with Crippen molar-refractivity contribution < 1.29 is 9.72 Å². The molecule has 21 heavy (non-hydrogen) atoms. The fraction of sp³-hybridized carbons (Fsp3) is 0.0769. The van der Waals surface area contributed by atoms with E-state index in [0.717, 1.165) is 5.56 Å². The first-order valence-corrected chi connectivity index (χ1v) is 6.93. The Bertz CT molecular complexity index is 737. The van der Waals surface area contributed by atoms with E-state index >= 15 is 0 Å². The van der Waals surface area contributed by atoms with Gasteiger partial charge in [0.2, 0.25) is 5.15 Å². The molecule has 0 unspecified atom stereocenters. The lowest BCUT2D eigenvalue weighted by atomic mass is 10.2. The highest BCUT2D eigenvalue weighted by atomic mass is 79.9. The minimum Gasteiger partial charge on any atom is -0.321 e. The van der Waals surface area contributed by atoms with Crippen molar-refractivity contribution in [3.05, 3.63) is 61.3 Å². The number of aromatic nitrogens is 1. The van der Waals surface area contributed by atoms with Crippen molar-refractivity contribution in [3.63, 3.8) is 0 Å². The highest BCUT2D eigenvalue weighted by Crippen LogP contribution is 2.28. The molecule has 1 aromatic heterocycles. The molecular formula is C13H9BrClN3O3. The molecule has 0 aliphatic carbocycles. The number of amides is 1. The van der Waals surface area contributed by atoms with E-state index in [1.807, 2.05) is 13.0 Å². The molecule has 0 radical (unpaired) electrons. The van der Waals surface area contributed by atoms with Gasteiger partial charge < -0.3 is 5.32 Å². The number of aryl methyl sites for hydroxylation is 1. The van der Waals surface area contributed by atoms with E-state index in [2.05, 4.69) is 26.2 Å². The molecule has 0 atom stereocenters. The van der Waals surface area contributed by atoms with Gasteiger partial charge in [0.05, 0.1) is 10.6 Å². The van der Waals surface area contributed by atoms with Crippen molar-refractivity contribution in [3.8, 4) is 0 Å². The average molecular weight is 371 g/mol. The Balaban J connectivity index is 2.40. The van der Waals surface area contributed by atoms with Gasteiger partial charge in [0.1, 0.15) is 5.56 Å². The first-order valence-electron chi connectivity index (χ1n) is 5.76. The van der Waals surface area contributed by atoms with E-state index in [9.17, 15) is 14.9 Å². The summed E-state index contributed by atoms with van der Waals surface area (Å²) >= 11 is 8.99. The van der Waals surface area contributed by atoms with Gasteiger partial charge in [-0.2, -0.15) is 0 Å². The molecule has 1 N–H and O–H groups in total. The number of hydrogen-bond acceptors (Lipinski definition) is 4. The molecule has 0 saturated carbocycles. The molecule has 0 spiro atoms. The van der Waals surface area contributed by atoms with Crippen LogP contribution >= 0.6 is 27.5 Å². The number of carbonyl (C=O) groups is 1. The van der Waals surface area contributed by atoms with Gasteiger partial charge in [-0.1, -0.05) is 17.7 Å². The molecule has 6 nitrogen and oxygen atoms in total. The summed E-state index contributed by atoms with van der Waals surface area (Å²) in [7, 11) is 0. The molecule has 1 heterocycles. The van der Waals surface area contributed by atoms with Crippen molar-refractivity contribution in [2.24, 2.45) is 0 Å². The lowest BCUT2D eigenvalue weighted by Gasteiger charge is -2.09. The smallest absolute Gasteiger partial charge is 0.319 e. The maximum Gasteiger partial charge on any atom is 0.319 e. The maximum absolute atomic E-state index is 12.2. The fourth-order valence-electron chi connectivity index (χ4n) is 1.71. The number of hydrogen-bond donors (Lipinski definition) is 1. The third kappa shape index (κ3) is 3.37. The molecule has 0 fully saturated rings. The van der Waals surface area contributed by atoms with Crippen LogP contribution in [0.25, 0.3) is 0 Å². The second-order valence-electron chi connectivity index (χ2n) is 4.19. The summed E-state index contributed by atoms with van der Waals surface area (Å²) in [5.74, 6) is -0.627. The van der Waals surface area contributed by atoms with Crippen LogP contribution in [0.1, 0.15) is 15.9 Å². The third-order valence-corrected chi connectivity index (χ3v) is 3.64. The van der Waals surface area contributed by atoms with Crippen LogP contribution in [0.2, 0.25) is 5.15 Å². The summed E-state index contributed by atoms with van der Waals surface area (Å²) in [5.41, 5.74) is 0.798. The molecule has 2 aromatic rings. The Labute approximate surface area is 133 Å². The summed E-state index contributed by atoms with van der Waals surface area (Å²) in [6.07, 6.45) is 1.25. The van der Waals surface area contributed by atoms with E-state index < -0.39 is 16.5 Å². The Hall–Kier alpha value is -1.99. The number of anilines is 1. The summed E-state index contributed by atoms with van der Waals surface area (Å²) in [6.45, 7) is 1.87. The molecule has 0 aliphatic rings. The van der Waals surface area contributed by atoms with Gasteiger partial charge in [0.15, 0.2) is 0 Å². The quantitative estimate of drug-likeness (QED) is 0.503. The molecule has 1 amide bonds. The van der Waals surface area contributed by atoms with Gasteiger partial charge in [-0.3, -0.25) is 14.9 Å². The van der Waals surface area contributed by atoms with E-state index in [4.69, 9.17) is 11.6 Å². The van der Waals surface area contributed by atoms with Gasteiger partial charge in [0.25, 0.3) is 5.91 Å². The lowest BCUT2D eigenvalue weighted by molar-refractivity contribution is -0.385. The SMILES string of the molecule is Cc1ccc(Br)c(NC(=O)c2ccnc(Cl)c2[N+](=O)[O-])c1. The van der Waals surface area contributed by atoms with Crippen LogP contribution in [0.3, 0.4) is 0 Å². The largest absolute Gasteiger partial charge is 0.321 e. The predicted molar refractivity (Wildman–Crippen MR) is 82.7 cm³/mol. The molecular weight excluding hydrogens is 362 g/mol. The third-order valence-electron chi connectivity index (χ3n) is 2.68. The lowest BCUT2D eigenvalue weighted by Crippen LogP contribution is -2.15. The number of nitro groups is 1. The van der Waals surface area contributed by atoms with Gasteiger partial charge in [-0.05, 0) is 46.6 Å². The Morgan fingerprint density at radius 2 is 2.14 bits per heavy atom. The normalized spacial score (nSPS) is 10.2. The minimum absolute atomic E-state index is 0.145. The van der Waals surface area contributed by atoms with Crippen LogP contribution in [0.5, 0.6) is 0 Å². The Morgan fingerprint density at radius 3 is 2.81 bits per heavy atom. The van der Waals surface area contributed by atoms with Gasteiger partial charge in [-0.15, -0.1) is 0 Å². The van der Waals surface area contributed by atoms with Crippen LogP contribution < -0.4 is 5.32 Å². The van der Waals surface area contributed by atoms with Crippen LogP contribution in [0.15, 0.2) is 34.9 Å². The number of rotatable bonds is 3. The fourth-order valence-corrected chi connectivity index (χ4v) is 2.28. The minimum atomic E-state index is -0.727. The zero-order valence-corrected chi connectivity index (χ0v) is 13.1. The second kappa shape index (κ2) is 6.19. The van der Waals surface area contributed by atoms with Crippen molar-refractivity contribution in [1.82, 2.24) is 4.98 Å². The number of nitrogens with zero attached hydrogens (tertiary/aromatic N) is 2. The zero-order chi connectivity index (χ0) is 15.6. The maximum atomic E-state index is 12.2. The van der Waals surface area contributed by atoms with E-state index in [1.54, 1.807) is 12.1 Å². The van der Waals surface area contributed by atoms with Crippen molar-refractivity contribution >= 4 is 44.8 Å². The molecule has 2 rings (SSSR count). The zero-order valence-electron chi connectivity index (χ0n) is 10.8. The summed E-state index contributed by atoms with van der Waals surface area (Å²) < 4.78 is 0.671. The Kier molecular flexibility index (Phi) is 4.54. The topological polar surface area (TPSA) is 85.1 Å². The van der Waals surface area contributed by atoms with Gasteiger partial charge in [0, 0.05) is 10.7 Å².